The molecule has 134 valence electrons. The van der Waals surface area contributed by atoms with E-state index in [0.717, 1.165) is 11.3 Å². The molecule has 2 aromatic heterocycles. The molecule has 0 spiro atoms. The largest absolute Gasteiger partial charge is 0.338 e. The highest BCUT2D eigenvalue weighted by atomic mass is 32.1. The van der Waals surface area contributed by atoms with Crippen LogP contribution >= 0.6 is 11.3 Å². The summed E-state index contributed by atoms with van der Waals surface area (Å²) in [5.74, 6) is -0.533. The lowest BCUT2D eigenvalue weighted by Crippen LogP contribution is -2.28. The van der Waals surface area contributed by atoms with Crippen molar-refractivity contribution in [2.75, 3.05) is 11.9 Å². The van der Waals surface area contributed by atoms with Gasteiger partial charge in [-0.25, -0.2) is 19.2 Å². The van der Waals surface area contributed by atoms with Crippen LogP contribution in [0.2, 0.25) is 0 Å². The second-order valence-corrected chi connectivity index (χ2v) is 6.12. The lowest BCUT2D eigenvalue weighted by molar-refractivity contribution is 0.235. The molecule has 0 saturated heterocycles. The number of hydroxylamine groups is 1. The van der Waals surface area contributed by atoms with E-state index in [2.05, 4.69) is 25.6 Å². The smallest absolute Gasteiger partial charge is 0.321 e. The van der Waals surface area contributed by atoms with Crippen LogP contribution < -0.4 is 16.1 Å². The predicted octanol–water partition coefficient (Wildman–Crippen LogP) is 3.03. The Balaban J connectivity index is 1.95. The second-order valence-electron chi connectivity index (χ2n) is 5.09. The number of benzene rings is 1. The maximum absolute atomic E-state index is 14.4. The molecule has 0 aliphatic heterocycles. The summed E-state index contributed by atoms with van der Waals surface area (Å²) in [4.78, 5) is 23.9. The van der Waals surface area contributed by atoms with Crippen molar-refractivity contribution < 1.29 is 14.4 Å². The molecule has 3 rings (SSSR count). The Morgan fingerprint density at radius 1 is 1.42 bits per heavy atom. The third kappa shape index (κ3) is 3.92. The molecule has 2 heterocycles. The van der Waals surface area contributed by atoms with E-state index in [0.29, 0.717) is 27.5 Å². The van der Waals surface area contributed by atoms with E-state index in [9.17, 15) is 14.4 Å². The fraction of sp³-hybridized carbons (Fsp3) is 0.125. The maximum Gasteiger partial charge on any atom is 0.321 e. The monoisotopic (exact) mass is 374 g/mol. The number of carbonyl (C=O) groups is 1. The zero-order valence-corrected chi connectivity index (χ0v) is 14.5. The van der Waals surface area contributed by atoms with E-state index in [4.69, 9.17) is 0 Å². The van der Waals surface area contributed by atoms with Crippen LogP contribution in [-0.2, 0) is 0 Å². The van der Waals surface area contributed by atoms with Gasteiger partial charge in [0.1, 0.15) is 11.5 Å². The number of amides is 2. The molecule has 0 radical (unpaired) electrons. The number of aromatic nitrogens is 2. The third-order valence-corrected chi connectivity index (χ3v) is 4.22. The van der Waals surface area contributed by atoms with Crippen molar-refractivity contribution >= 4 is 44.2 Å². The molecular weight excluding hydrogens is 359 g/mol. The number of rotatable bonds is 4. The standard InChI is InChI=1S/C16H15FN6O2S/c1-2-19-15(24)22-16-21-12-7-11(10(17)6-13(12)26-16)20-14(23-25)9-4-3-5-18-8-9/h3-8,25H,2H2,1H3,(H,20,23)(H2,19,21,22,24). The highest BCUT2D eigenvalue weighted by Gasteiger charge is 2.12. The lowest BCUT2D eigenvalue weighted by atomic mass is 10.2. The Morgan fingerprint density at radius 3 is 2.96 bits per heavy atom. The number of aliphatic imine (C=N–C) groups is 1. The number of nitrogens with zero attached hydrogens (tertiary/aromatic N) is 3. The van der Waals surface area contributed by atoms with E-state index >= 15 is 0 Å². The number of carbonyl (C=O) groups excluding carboxylic acids is 1. The van der Waals surface area contributed by atoms with Crippen LogP contribution in [0.4, 0.5) is 20.0 Å². The summed E-state index contributed by atoms with van der Waals surface area (Å²) >= 11 is 1.15. The van der Waals surface area contributed by atoms with Crippen LogP contribution in [0.25, 0.3) is 10.2 Å². The van der Waals surface area contributed by atoms with Gasteiger partial charge in [0.25, 0.3) is 0 Å². The van der Waals surface area contributed by atoms with E-state index in [-0.39, 0.29) is 17.6 Å². The van der Waals surface area contributed by atoms with Gasteiger partial charge in [0.05, 0.1) is 10.2 Å². The summed E-state index contributed by atoms with van der Waals surface area (Å²) in [6.07, 6.45) is 3.05. The number of urea groups is 1. The van der Waals surface area contributed by atoms with Gasteiger partial charge >= 0.3 is 6.03 Å². The number of thiazole rings is 1. The molecule has 10 heteroatoms. The van der Waals surface area contributed by atoms with Crippen molar-refractivity contribution in [2.45, 2.75) is 6.92 Å². The number of anilines is 1. The van der Waals surface area contributed by atoms with Gasteiger partial charge in [-0.1, -0.05) is 11.3 Å². The van der Waals surface area contributed by atoms with Gasteiger partial charge in [-0.3, -0.25) is 21.0 Å². The summed E-state index contributed by atoms with van der Waals surface area (Å²) in [6.45, 7) is 2.28. The van der Waals surface area contributed by atoms with Crippen LogP contribution in [0.15, 0.2) is 41.7 Å². The summed E-state index contributed by atoms with van der Waals surface area (Å²) in [5.41, 5.74) is 2.91. The number of hydrogen-bond donors (Lipinski definition) is 4. The lowest BCUT2D eigenvalue weighted by Gasteiger charge is -2.05. The van der Waals surface area contributed by atoms with Gasteiger partial charge in [-0.05, 0) is 31.2 Å². The Hall–Kier alpha value is -3.11. The first-order valence-corrected chi connectivity index (χ1v) is 8.46. The van der Waals surface area contributed by atoms with E-state index in [1.165, 1.54) is 18.3 Å². The van der Waals surface area contributed by atoms with Crippen LogP contribution in [0.5, 0.6) is 0 Å². The van der Waals surface area contributed by atoms with Gasteiger partial charge in [-0.15, -0.1) is 0 Å². The Labute approximate surface area is 151 Å². The van der Waals surface area contributed by atoms with E-state index in [1.807, 2.05) is 5.48 Å². The average Bonchev–Trinajstić information content (AvgIpc) is 3.01. The normalized spacial score (nSPS) is 11.4. The molecule has 0 unspecified atom stereocenters. The molecule has 0 aliphatic carbocycles. The minimum absolute atomic E-state index is 0.00670. The first kappa shape index (κ1) is 17.7. The molecule has 0 saturated carbocycles. The molecule has 1 aromatic carbocycles. The number of hydrogen-bond acceptors (Lipinski definition) is 6. The van der Waals surface area contributed by atoms with Crippen LogP contribution in [-0.4, -0.2) is 33.6 Å². The molecule has 26 heavy (non-hydrogen) atoms. The van der Waals surface area contributed by atoms with Gasteiger partial charge in [0.15, 0.2) is 11.0 Å². The zero-order valence-electron chi connectivity index (χ0n) is 13.7. The SMILES string of the molecule is CCNC(=O)Nc1nc2cc(N=C(NO)c3cccnc3)c(F)cc2s1. The molecule has 0 fully saturated rings. The number of nitrogens with one attached hydrogen (secondary N) is 3. The summed E-state index contributed by atoms with van der Waals surface area (Å²) in [5, 5.41) is 14.8. The van der Waals surface area contributed by atoms with Crippen molar-refractivity contribution in [3.05, 3.63) is 48.0 Å². The molecule has 3 aromatic rings. The van der Waals surface area contributed by atoms with E-state index in [1.54, 1.807) is 25.3 Å². The Morgan fingerprint density at radius 2 is 2.27 bits per heavy atom. The van der Waals surface area contributed by atoms with Crippen molar-refractivity contribution in [3.8, 4) is 0 Å². The third-order valence-electron chi connectivity index (χ3n) is 3.29. The summed E-state index contributed by atoms with van der Waals surface area (Å²) in [6, 6.07) is 5.68. The van der Waals surface area contributed by atoms with Gasteiger partial charge in [0, 0.05) is 24.5 Å². The summed E-state index contributed by atoms with van der Waals surface area (Å²) in [7, 11) is 0. The molecule has 0 bridgehead atoms. The number of fused-ring (bicyclic) bond motifs is 1. The Bertz CT molecular complexity index is 960. The maximum atomic E-state index is 14.4. The number of pyridine rings is 1. The Kier molecular flexibility index (Phi) is 5.34. The van der Waals surface area contributed by atoms with Crippen LogP contribution in [0.1, 0.15) is 12.5 Å². The van der Waals surface area contributed by atoms with Crippen molar-refractivity contribution in [3.63, 3.8) is 0 Å². The van der Waals surface area contributed by atoms with Crippen molar-refractivity contribution in [2.24, 2.45) is 4.99 Å². The molecule has 4 N–H and O–H groups in total. The van der Waals surface area contributed by atoms with Crippen LogP contribution in [0, 0.1) is 5.82 Å². The van der Waals surface area contributed by atoms with Crippen molar-refractivity contribution in [1.29, 1.82) is 0 Å². The first-order chi connectivity index (χ1) is 12.6. The minimum atomic E-state index is -0.581. The van der Waals surface area contributed by atoms with Crippen molar-refractivity contribution in [1.82, 2.24) is 20.8 Å². The molecule has 8 nitrogen and oxygen atoms in total. The van der Waals surface area contributed by atoms with Gasteiger partial charge in [-0.2, -0.15) is 0 Å². The topological polar surface area (TPSA) is 112 Å². The quantitative estimate of drug-likeness (QED) is 0.319. The number of amidine groups is 1. The average molecular weight is 374 g/mol. The second kappa shape index (κ2) is 7.85. The fourth-order valence-electron chi connectivity index (χ4n) is 2.16. The van der Waals surface area contributed by atoms with E-state index < -0.39 is 5.82 Å². The first-order valence-electron chi connectivity index (χ1n) is 7.65. The van der Waals surface area contributed by atoms with Gasteiger partial charge < -0.3 is 5.32 Å². The molecular formula is C16H15FN6O2S. The predicted molar refractivity (Wildman–Crippen MR) is 97.6 cm³/mol. The molecule has 0 aliphatic rings. The molecule has 0 atom stereocenters. The fourth-order valence-corrected chi connectivity index (χ4v) is 3.02. The van der Waals surface area contributed by atoms with Gasteiger partial charge in [0.2, 0.25) is 0 Å². The molecule has 2 amide bonds. The zero-order chi connectivity index (χ0) is 18.5. The minimum Gasteiger partial charge on any atom is -0.338 e. The highest BCUT2D eigenvalue weighted by Crippen LogP contribution is 2.31. The van der Waals surface area contributed by atoms with Crippen LogP contribution in [0.3, 0.4) is 0 Å². The number of halogens is 1. The highest BCUT2D eigenvalue weighted by molar-refractivity contribution is 7.22. The summed E-state index contributed by atoms with van der Waals surface area (Å²) < 4.78 is 14.9.